The van der Waals surface area contributed by atoms with Gasteiger partial charge in [0.05, 0.1) is 6.54 Å². The van der Waals surface area contributed by atoms with Crippen molar-refractivity contribution in [3.05, 3.63) is 59.2 Å². The van der Waals surface area contributed by atoms with Gasteiger partial charge in [-0.3, -0.25) is 4.79 Å². The average molecular weight is 367 g/mol. The van der Waals surface area contributed by atoms with Gasteiger partial charge >= 0.3 is 0 Å². The lowest BCUT2D eigenvalue weighted by atomic mass is 9.91. The molecule has 0 unspecified atom stereocenters. The summed E-state index contributed by atoms with van der Waals surface area (Å²) in [6, 6.07) is 14.2. The number of hydrogen-bond acceptors (Lipinski definition) is 3. The zero-order valence-electron chi connectivity index (χ0n) is 16.3. The summed E-state index contributed by atoms with van der Waals surface area (Å²) in [6.07, 6.45) is 4.57. The van der Waals surface area contributed by atoms with Crippen LogP contribution in [0.25, 0.3) is 0 Å². The molecular weight excluding hydrogens is 338 g/mol. The van der Waals surface area contributed by atoms with Crippen LogP contribution in [0.1, 0.15) is 49.3 Å². The van der Waals surface area contributed by atoms with Crippen molar-refractivity contribution in [2.24, 2.45) is 0 Å². The van der Waals surface area contributed by atoms with E-state index in [1.165, 1.54) is 29.5 Å². The number of hydrogen-bond donors (Lipinski definition) is 1. The van der Waals surface area contributed by atoms with Crippen molar-refractivity contribution in [1.82, 2.24) is 5.32 Å². The number of rotatable bonds is 8. The zero-order chi connectivity index (χ0) is 19.1. The molecule has 0 saturated heterocycles. The fourth-order valence-corrected chi connectivity index (χ4v) is 3.52. The van der Waals surface area contributed by atoms with Gasteiger partial charge in [0.15, 0.2) is 6.61 Å². The van der Waals surface area contributed by atoms with Crippen LogP contribution in [0.2, 0.25) is 0 Å². The second-order valence-corrected chi connectivity index (χ2v) is 7.28. The first-order chi connectivity index (χ1) is 13.1. The van der Waals surface area contributed by atoms with Gasteiger partial charge in [-0.25, -0.2) is 0 Å². The molecule has 0 aromatic heterocycles. The number of benzene rings is 2. The minimum Gasteiger partial charge on any atom is -0.491 e. The molecule has 0 aliphatic heterocycles. The molecule has 2 aromatic rings. The summed E-state index contributed by atoms with van der Waals surface area (Å²) in [6.45, 7) is 5.23. The van der Waals surface area contributed by atoms with E-state index in [0.29, 0.717) is 19.1 Å². The quantitative estimate of drug-likeness (QED) is 0.709. The number of ether oxygens (including phenoxy) is 2. The Bertz CT molecular complexity index is 770. The number of carbonyl (C=O) groups excluding carboxylic acids is 1. The van der Waals surface area contributed by atoms with Gasteiger partial charge in [0, 0.05) is 0 Å². The highest BCUT2D eigenvalue weighted by atomic mass is 16.5. The molecule has 0 fully saturated rings. The average Bonchev–Trinajstić information content (AvgIpc) is 2.69. The maximum Gasteiger partial charge on any atom is 0.258 e. The highest BCUT2D eigenvalue weighted by Crippen LogP contribution is 2.29. The Hall–Kier alpha value is -2.49. The maximum absolute atomic E-state index is 12.1. The van der Waals surface area contributed by atoms with Crippen molar-refractivity contribution in [1.29, 1.82) is 0 Å². The summed E-state index contributed by atoms with van der Waals surface area (Å²) in [5.41, 5.74) is 3.81. The Balaban J connectivity index is 1.42. The van der Waals surface area contributed by atoms with Crippen molar-refractivity contribution in [3.8, 4) is 11.5 Å². The van der Waals surface area contributed by atoms with Gasteiger partial charge in [0.1, 0.15) is 18.1 Å². The van der Waals surface area contributed by atoms with E-state index >= 15 is 0 Å². The third-order valence-corrected chi connectivity index (χ3v) is 4.93. The van der Waals surface area contributed by atoms with Crippen molar-refractivity contribution in [2.45, 2.75) is 45.4 Å². The fraction of sp³-hybridized carbons (Fsp3) is 0.435. The number of nitrogens with one attached hydrogen (secondary N) is 1. The van der Waals surface area contributed by atoms with Crippen molar-refractivity contribution in [2.75, 3.05) is 19.8 Å². The highest BCUT2D eigenvalue weighted by molar-refractivity contribution is 5.77. The first kappa shape index (κ1) is 19.3. The maximum atomic E-state index is 12.1. The summed E-state index contributed by atoms with van der Waals surface area (Å²) in [4.78, 5) is 12.1. The Morgan fingerprint density at radius 1 is 1.00 bits per heavy atom. The first-order valence-electron chi connectivity index (χ1n) is 9.87. The lowest BCUT2D eigenvalue weighted by Crippen LogP contribution is -2.32. The molecule has 0 spiro atoms. The first-order valence-corrected chi connectivity index (χ1v) is 9.87. The number of fused-ring (bicyclic) bond motifs is 1. The Morgan fingerprint density at radius 3 is 2.63 bits per heavy atom. The van der Waals surface area contributed by atoms with Gasteiger partial charge in [0.25, 0.3) is 5.91 Å². The van der Waals surface area contributed by atoms with E-state index in [9.17, 15) is 4.79 Å². The van der Waals surface area contributed by atoms with Gasteiger partial charge in [0.2, 0.25) is 0 Å². The summed E-state index contributed by atoms with van der Waals surface area (Å²) < 4.78 is 11.6. The van der Waals surface area contributed by atoms with Crippen LogP contribution in [-0.4, -0.2) is 25.7 Å². The largest absolute Gasteiger partial charge is 0.491 e. The molecule has 0 bridgehead atoms. The van der Waals surface area contributed by atoms with Crippen LogP contribution in [0.15, 0.2) is 42.5 Å². The Kier molecular flexibility index (Phi) is 6.74. The summed E-state index contributed by atoms with van der Waals surface area (Å²) >= 11 is 0. The van der Waals surface area contributed by atoms with Gasteiger partial charge in [-0.1, -0.05) is 44.2 Å². The molecule has 144 valence electrons. The van der Waals surface area contributed by atoms with Gasteiger partial charge in [-0.2, -0.15) is 0 Å². The smallest absolute Gasteiger partial charge is 0.258 e. The molecule has 4 nitrogen and oxygen atoms in total. The predicted octanol–water partition coefficient (Wildman–Crippen LogP) is 4.26. The molecule has 2 aromatic carbocycles. The number of para-hydroxylation sites is 1. The fourth-order valence-electron chi connectivity index (χ4n) is 3.52. The normalized spacial score (nSPS) is 13.1. The van der Waals surface area contributed by atoms with Crippen molar-refractivity contribution < 1.29 is 14.3 Å². The second-order valence-electron chi connectivity index (χ2n) is 7.28. The SMILES string of the molecule is CC(C)c1ccccc1OCCNC(=O)COc1cccc2c1CCCC2. The lowest BCUT2D eigenvalue weighted by Gasteiger charge is -2.19. The molecule has 1 N–H and O–H groups in total. The minimum absolute atomic E-state index is 0.0407. The van der Waals surface area contributed by atoms with Gasteiger partial charge in [-0.15, -0.1) is 0 Å². The van der Waals surface area contributed by atoms with Gasteiger partial charge < -0.3 is 14.8 Å². The standard InChI is InChI=1S/C23H29NO3/c1-17(2)19-10-5-6-12-21(19)26-15-14-24-23(25)16-27-22-13-7-9-18-8-3-4-11-20(18)22/h5-7,9-10,12-13,17H,3-4,8,11,14-16H2,1-2H3,(H,24,25). The molecule has 1 aliphatic carbocycles. The van der Waals surface area contributed by atoms with Crippen LogP contribution in [0.4, 0.5) is 0 Å². The Morgan fingerprint density at radius 2 is 1.78 bits per heavy atom. The summed E-state index contributed by atoms with van der Waals surface area (Å²) in [7, 11) is 0. The molecule has 3 rings (SSSR count). The topological polar surface area (TPSA) is 47.6 Å². The monoisotopic (exact) mass is 367 g/mol. The molecular formula is C23H29NO3. The second kappa shape index (κ2) is 9.45. The molecule has 1 aliphatic rings. The molecule has 4 heteroatoms. The van der Waals surface area contributed by atoms with Crippen LogP contribution < -0.4 is 14.8 Å². The lowest BCUT2D eigenvalue weighted by molar-refractivity contribution is -0.123. The molecule has 0 heterocycles. The number of aryl methyl sites for hydroxylation is 1. The highest BCUT2D eigenvalue weighted by Gasteiger charge is 2.14. The Labute approximate surface area is 161 Å². The van der Waals surface area contributed by atoms with Crippen LogP contribution >= 0.6 is 0 Å². The van der Waals surface area contributed by atoms with Crippen molar-refractivity contribution in [3.63, 3.8) is 0 Å². The zero-order valence-corrected chi connectivity index (χ0v) is 16.3. The van der Waals surface area contributed by atoms with E-state index < -0.39 is 0 Å². The van der Waals surface area contributed by atoms with Crippen LogP contribution in [0.3, 0.4) is 0 Å². The summed E-state index contributed by atoms with van der Waals surface area (Å²) in [5, 5.41) is 2.86. The molecule has 0 atom stereocenters. The third kappa shape index (κ3) is 5.25. The van der Waals surface area contributed by atoms with E-state index in [-0.39, 0.29) is 12.5 Å². The van der Waals surface area contributed by atoms with Crippen molar-refractivity contribution >= 4 is 5.91 Å². The van der Waals surface area contributed by atoms with E-state index in [4.69, 9.17) is 9.47 Å². The van der Waals surface area contributed by atoms with E-state index in [0.717, 1.165) is 24.3 Å². The minimum atomic E-state index is -0.121. The van der Waals surface area contributed by atoms with E-state index in [1.807, 2.05) is 30.3 Å². The van der Waals surface area contributed by atoms with Crippen LogP contribution in [0, 0.1) is 0 Å². The molecule has 0 radical (unpaired) electrons. The third-order valence-electron chi connectivity index (χ3n) is 4.93. The van der Waals surface area contributed by atoms with Crippen LogP contribution in [-0.2, 0) is 17.6 Å². The van der Waals surface area contributed by atoms with E-state index in [2.05, 4.69) is 31.3 Å². The predicted molar refractivity (Wildman–Crippen MR) is 108 cm³/mol. The van der Waals surface area contributed by atoms with Gasteiger partial charge in [-0.05, 0) is 60.4 Å². The molecule has 1 amide bonds. The molecule has 27 heavy (non-hydrogen) atoms. The molecule has 0 saturated carbocycles. The van der Waals surface area contributed by atoms with Crippen LogP contribution in [0.5, 0.6) is 11.5 Å². The van der Waals surface area contributed by atoms with E-state index in [1.54, 1.807) is 0 Å². The summed E-state index contributed by atoms with van der Waals surface area (Å²) in [5.74, 6) is 2.02. The number of carbonyl (C=O) groups is 1. The number of amides is 1.